The molecule has 2 unspecified atom stereocenters. The average molecular weight is 440 g/mol. The van der Waals surface area contributed by atoms with Crippen LogP contribution in [0.5, 0.6) is 5.88 Å². The summed E-state index contributed by atoms with van der Waals surface area (Å²) in [5.41, 5.74) is -0.234. The average Bonchev–Trinajstić information content (AvgIpc) is 3.26. The van der Waals surface area contributed by atoms with Gasteiger partial charge in [0, 0.05) is 42.5 Å². The van der Waals surface area contributed by atoms with E-state index in [1.165, 1.54) is 0 Å². The van der Waals surface area contributed by atoms with Gasteiger partial charge in [0.15, 0.2) is 0 Å². The van der Waals surface area contributed by atoms with E-state index in [-0.39, 0.29) is 23.9 Å². The third kappa shape index (κ3) is 5.37. The first-order valence-corrected chi connectivity index (χ1v) is 11.0. The number of hydrogen-bond acceptors (Lipinski definition) is 8. The third-order valence-electron chi connectivity index (χ3n) is 5.39. The molecule has 2 aliphatic heterocycles. The molecule has 2 aliphatic rings. The number of rotatable bonds is 4. The summed E-state index contributed by atoms with van der Waals surface area (Å²) < 4.78 is 17.0. The number of amides is 1. The standard InChI is InChI=1S/C23H29N5O4/c1-23(2,3)32-22(29)28-7-4-5-16(13-28)26-20-10-19-15(12-25-20)9-17(11-24)27-21(19)31-18-6-8-30-14-18/h9-10,12,16,18H,4-8,13-14H2,1-3H3,(H,25,26). The molecule has 9 nitrogen and oxygen atoms in total. The maximum absolute atomic E-state index is 12.5. The Kier molecular flexibility index (Phi) is 6.33. The van der Waals surface area contributed by atoms with Gasteiger partial charge in [-0.3, -0.25) is 0 Å². The van der Waals surface area contributed by atoms with Crippen LogP contribution in [-0.2, 0) is 9.47 Å². The Morgan fingerprint density at radius 2 is 2.19 bits per heavy atom. The number of carbonyl (C=O) groups is 1. The molecule has 0 aliphatic carbocycles. The van der Waals surface area contributed by atoms with Crippen molar-refractivity contribution in [1.29, 1.82) is 5.26 Å². The molecule has 170 valence electrons. The Balaban J connectivity index is 1.51. The van der Waals surface area contributed by atoms with Crippen LogP contribution in [0.1, 0.15) is 45.7 Å². The van der Waals surface area contributed by atoms with Crippen LogP contribution in [0.15, 0.2) is 18.3 Å². The second-order valence-electron chi connectivity index (χ2n) is 9.23. The van der Waals surface area contributed by atoms with Gasteiger partial charge in [-0.15, -0.1) is 0 Å². The van der Waals surface area contributed by atoms with Crippen molar-refractivity contribution < 1.29 is 19.0 Å². The largest absolute Gasteiger partial charge is 0.471 e. The summed E-state index contributed by atoms with van der Waals surface area (Å²) in [6.07, 6.45) is 3.94. The van der Waals surface area contributed by atoms with Gasteiger partial charge in [-0.1, -0.05) is 0 Å². The molecule has 0 aromatic carbocycles. The SMILES string of the molecule is CC(C)(C)OC(=O)N1CCCC(Nc2cc3c(OC4CCOC4)nc(C#N)cc3cn2)C1. The molecule has 2 saturated heterocycles. The smallest absolute Gasteiger partial charge is 0.410 e. The van der Waals surface area contributed by atoms with Gasteiger partial charge in [-0.05, 0) is 45.7 Å². The lowest BCUT2D eigenvalue weighted by Crippen LogP contribution is -2.47. The Morgan fingerprint density at radius 1 is 1.34 bits per heavy atom. The molecule has 0 saturated carbocycles. The summed E-state index contributed by atoms with van der Waals surface area (Å²) in [6.45, 7) is 8.00. The maximum atomic E-state index is 12.5. The lowest BCUT2D eigenvalue weighted by molar-refractivity contribution is 0.0206. The third-order valence-corrected chi connectivity index (χ3v) is 5.39. The number of anilines is 1. The first-order chi connectivity index (χ1) is 15.3. The number of nitrogens with zero attached hydrogens (tertiary/aromatic N) is 4. The zero-order valence-electron chi connectivity index (χ0n) is 18.8. The molecule has 2 aromatic rings. The number of aromatic nitrogens is 2. The molecule has 0 bridgehead atoms. The summed E-state index contributed by atoms with van der Waals surface area (Å²) in [5.74, 6) is 1.09. The minimum atomic E-state index is -0.520. The van der Waals surface area contributed by atoms with E-state index in [1.54, 1.807) is 17.2 Å². The van der Waals surface area contributed by atoms with E-state index in [0.29, 0.717) is 38.0 Å². The highest BCUT2D eigenvalue weighted by Gasteiger charge is 2.28. The lowest BCUT2D eigenvalue weighted by Gasteiger charge is -2.34. The van der Waals surface area contributed by atoms with Gasteiger partial charge in [0.2, 0.25) is 5.88 Å². The molecule has 4 heterocycles. The molecule has 2 atom stereocenters. The molecule has 32 heavy (non-hydrogen) atoms. The predicted molar refractivity (Wildman–Crippen MR) is 119 cm³/mol. The van der Waals surface area contributed by atoms with Gasteiger partial charge in [0.1, 0.15) is 29.3 Å². The zero-order chi connectivity index (χ0) is 22.7. The molecule has 4 rings (SSSR count). The molecule has 1 N–H and O–H groups in total. The van der Waals surface area contributed by atoms with Crippen LogP contribution in [0.2, 0.25) is 0 Å². The second-order valence-corrected chi connectivity index (χ2v) is 9.23. The Morgan fingerprint density at radius 3 is 2.91 bits per heavy atom. The molecule has 2 aromatic heterocycles. The highest BCUT2D eigenvalue weighted by Crippen LogP contribution is 2.29. The number of pyridine rings is 2. The predicted octanol–water partition coefficient (Wildman–Crippen LogP) is 3.48. The van der Waals surface area contributed by atoms with Crippen LogP contribution in [0.25, 0.3) is 10.8 Å². The summed E-state index contributed by atoms with van der Waals surface area (Å²) in [4.78, 5) is 23.1. The van der Waals surface area contributed by atoms with E-state index in [0.717, 1.165) is 30.0 Å². The summed E-state index contributed by atoms with van der Waals surface area (Å²) in [5, 5.41) is 14.3. The van der Waals surface area contributed by atoms with Crippen molar-refractivity contribution in [3.05, 3.63) is 24.0 Å². The first kappa shape index (κ1) is 22.1. The number of ether oxygens (including phenoxy) is 3. The monoisotopic (exact) mass is 439 g/mol. The highest BCUT2D eigenvalue weighted by molar-refractivity contribution is 5.89. The number of piperidine rings is 1. The van der Waals surface area contributed by atoms with Gasteiger partial charge in [0.05, 0.1) is 13.2 Å². The van der Waals surface area contributed by atoms with Gasteiger partial charge in [-0.2, -0.15) is 5.26 Å². The van der Waals surface area contributed by atoms with E-state index in [2.05, 4.69) is 21.4 Å². The van der Waals surface area contributed by atoms with E-state index in [9.17, 15) is 10.1 Å². The summed E-state index contributed by atoms with van der Waals surface area (Å²) in [6, 6.07) is 5.73. The molecular weight excluding hydrogens is 410 g/mol. The van der Waals surface area contributed by atoms with Crippen LogP contribution in [0.3, 0.4) is 0 Å². The van der Waals surface area contributed by atoms with Gasteiger partial charge >= 0.3 is 6.09 Å². The molecule has 0 radical (unpaired) electrons. The van der Waals surface area contributed by atoms with E-state index < -0.39 is 5.60 Å². The number of nitrogens with one attached hydrogen (secondary N) is 1. The van der Waals surface area contributed by atoms with Crippen molar-refractivity contribution in [2.45, 2.75) is 57.8 Å². The van der Waals surface area contributed by atoms with E-state index in [4.69, 9.17) is 14.2 Å². The van der Waals surface area contributed by atoms with Crippen molar-refractivity contribution >= 4 is 22.7 Å². The number of carbonyl (C=O) groups excluding carboxylic acids is 1. The van der Waals surface area contributed by atoms with Crippen molar-refractivity contribution in [3.63, 3.8) is 0 Å². The fourth-order valence-electron chi connectivity index (χ4n) is 3.90. The van der Waals surface area contributed by atoms with Crippen LogP contribution in [0, 0.1) is 11.3 Å². The van der Waals surface area contributed by atoms with Gasteiger partial charge < -0.3 is 24.4 Å². The summed E-state index contributed by atoms with van der Waals surface area (Å²) in [7, 11) is 0. The molecule has 2 fully saturated rings. The lowest BCUT2D eigenvalue weighted by atomic mass is 10.1. The zero-order valence-corrected chi connectivity index (χ0v) is 18.8. The molecular formula is C23H29N5O4. The second kappa shape index (κ2) is 9.17. The summed E-state index contributed by atoms with van der Waals surface area (Å²) >= 11 is 0. The minimum Gasteiger partial charge on any atom is -0.471 e. The minimum absolute atomic E-state index is 0.0557. The number of fused-ring (bicyclic) bond motifs is 1. The Hall–Kier alpha value is -3.12. The number of nitriles is 1. The fourth-order valence-corrected chi connectivity index (χ4v) is 3.90. The van der Waals surface area contributed by atoms with Gasteiger partial charge in [0.25, 0.3) is 0 Å². The molecule has 0 spiro atoms. The van der Waals surface area contributed by atoms with Crippen molar-refractivity contribution in [2.24, 2.45) is 0 Å². The normalized spacial score (nSPS) is 21.2. The molecule has 1 amide bonds. The van der Waals surface area contributed by atoms with E-state index >= 15 is 0 Å². The topological polar surface area (TPSA) is 110 Å². The van der Waals surface area contributed by atoms with E-state index in [1.807, 2.05) is 26.8 Å². The molecule has 9 heteroatoms. The van der Waals surface area contributed by atoms with Crippen LogP contribution < -0.4 is 10.1 Å². The highest BCUT2D eigenvalue weighted by atomic mass is 16.6. The van der Waals surface area contributed by atoms with Gasteiger partial charge in [-0.25, -0.2) is 14.8 Å². The Bertz CT molecular complexity index is 1020. The first-order valence-electron chi connectivity index (χ1n) is 11.0. The number of hydrogen-bond donors (Lipinski definition) is 1. The quantitative estimate of drug-likeness (QED) is 0.771. The van der Waals surface area contributed by atoms with Crippen LogP contribution in [-0.4, -0.2) is 65.0 Å². The van der Waals surface area contributed by atoms with Crippen molar-refractivity contribution in [2.75, 3.05) is 31.6 Å². The maximum Gasteiger partial charge on any atom is 0.410 e. The Labute approximate surface area is 187 Å². The fraction of sp³-hybridized carbons (Fsp3) is 0.565. The van der Waals surface area contributed by atoms with Crippen LogP contribution in [0.4, 0.5) is 10.6 Å². The van der Waals surface area contributed by atoms with Crippen molar-refractivity contribution in [3.8, 4) is 11.9 Å². The van der Waals surface area contributed by atoms with Crippen molar-refractivity contribution in [1.82, 2.24) is 14.9 Å². The van der Waals surface area contributed by atoms with Crippen LogP contribution >= 0.6 is 0 Å². The number of likely N-dealkylation sites (tertiary alicyclic amines) is 1.